The molecule has 0 amide bonds. The lowest BCUT2D eigenvalue weighted by molar-refractivity contribution is -0.384. The van der Waals surface area contributed by atoms with Crippen molar-refractivity contribution in [2.24, 2.45) is 0 Å². The van der Waals surface area contributed by atoms with Gasteiger partial charge in [0.15, 0.2) is 0 Å². The Balaban J connectivity index is 1.75. The molecule has 0 radical (unpaired) electrons. The van der Waals surface area contributed by atoms with Crippen LogP contribution in [0.1, 0.15) is 0 Å². The molecular weight excluding hydrogens is 348 g/mol. The van der Waals surface area contributed by atoms with Gasteiger partial charge in [-0.2, -0.15) is 0 Å². The van der Waals surface area contributed by atoms with Gasteiger partial charge in [-0.3, -0.25) is 20.2 Å². The second kappa shape index (κ2) is 6.94. The largest absolute Gasteiger partial charge is 0.367 e. The number of para-hydroxylation sites is 2. The highest BCUT2D eigenvalue weighted by Crippen LogP contribution is 2.32. The number of nitrogens with zero attached hydrogens (tertiary/aromatic N) is 4. The number of nitro benzene ring substituents is 2. The molecule has 1 aliphatic heterocycles. The summed E-state index contributed by atoms with van der Waals surface area (Å²) in [5.74, 6) is 0. The van der Waals surface area contributed by atoms with Crippen molar-refractivity contribution in [1.29, 1.82) is 0 Å². The van der Waals surface area contributed by atoms with E-state index in [1.54, 1.807) is 24.3 Å². The van der Waals surface area contributed by atoms with Crippen molar-refractivity contribution < 1.29 is 9.85 Å². The number of piperazine rings is 1. The van der Waals surface area contributed by atoms with Crippen LogP contribution < -0.4 is 9.80 Å². The van der Waals surface area contributed by atoms with E-state index in [0.717, 1.165) is 5.69 Å². The topological polar surface area (TPSA) is 92.8 Å². The Morgan fingerprint density at radius 1 is 0.840 bits per heavy atom. The van der Waals surface area contributed by atoms with Crippen molar-refractivity contribution in [2.45, 2.75) is 0 Å². The summed E-state index contributed by atoms with van der Waals surface area (Å²) in [7, 11) is 0. The summed E-state index contributed by atoms with van der Waals surface area (Å²) in [5, 5.41) is 22.3. The lowest BCUT2D eigenvalue weighted by atomic mass is 10.2. The van der Waals surface area contributed by atoms with Crippen LogP contribution >= 0.6 is 11.6 Å². The number of halogens is 1. The fourth-order valence-corrected chi connectivity index (χ4v) is 3.23. The fourth-order valence-electron chi connectivity index (χ4n) is 2.94. The van der Waals surface area contributed by atoms with E-state index in [2.05, 4.69) is 0 Å². The SMILES string of the molecule is O=[N+]([O-])c1ccc(N2CCN(c3ccccc3[N+](=O)[O-])CC2)c(Cl)c1. The van der Waals surface area contributed by atoms with E-state index in [9.17, 15) is 20.2 Å². The Morgan fingerprint density at radius 3 is 2.00 bits per heavy atom. The quantitative estimate of drug-likeness (QED) is 0.610. The van der Waals surface area contributed by atoms with Crippen molar-refractivity contribution in [3.8, 4) is 0 Å². The Bertz CT molecular complexity index is 822. The number of nitro groups is 2. The van der Waals surface area contributed by atoms with E-state index in [1.807, 2.05) is 9.80 Å². The zero-order valence-corrected chi connectivity index (χ0v) is 13.9. The van der Waals surface area contributed by atoms with Gasteiger partial charge in [0, 0.05) is 44.4 Å². The maximum atomic E-state index is 11.2. The van der Waals surface area contributed by atoms with E-state index in [1.165, 1.54) is 18.2 Å². The molecule has 0 bridgehead atoms. The molecule has 1 aliphatic rings. The van der Waals surface area contributed by atoms with E-state index in [-0.39, 0.29) is 16.3 Å². The van der Waals surface area contributed by atoms with Crippen LogP contribution in [0, 0.1) is 20.2 Å². The summed E-state index contributed by atoms with van der Waals surface area (Å²) in [6.07, 6.45) is 0. The van der Waals surface area contributed by atoms with Crippen LogP contribution in [0.4, 0.5) is 22.7 Å². The summed E-state index contributed by atoms with van der Waals surface area (Å²) in [6.45, 7) is 2.42. The molecule has 0 saturated carbocycles. The van der Waals surface area contributed by atoms with Crippen LogP contribution in [-0.4, -0.2) is 36.0 Å². The first-order chi connectivity index (χ1) is 12.0. The predicted molar refractivity (Wildman–Crippen MR) is 95.6 cm³/mol. The molecule has 2 aromatic rings. The highest BCUT2D eigenvalue weighted by molar-refractivity contribution is 6.33. The number of rotatable bonds is 4. The molecule has 0 aliphatic carbocycles. The zero-order valence-electron chi connectivity index (χ0n) is 13.2. The van der Waals surface area contributed by atoms with E-state index < -0.39 is 4.92 Å². The number of non-ortho nitro benzene ring substituents is 1. The van der Waals surface area contributed by atoms with Gasteiger partial charge in [-0.1, -0.05) is 23.7 Å². The minimum atomic E-state index is -0.484. The fraction of sp³-hybridized carbons (Fsp3) is 0.250. The van der Waals surface area contributed by atoms with Gasteiger partial charge >= 0.3 is 0 Å². The first-order valence-corrected chi connectivity index (χ1v) is 8.02. The minimum absolute atomic E-state index is 0.0488. The van der Waals surface area contributed by atoms with Crippen molar-refractivity contribution >= 4 is 34.4 Å². The van der Waals surface area contributed by atoms with Crippen LogP contribution in [0.15, 0.2) is 42.5 Å². The monoisotopic (exact) mass is 362 g/mol. The Hall–Kier alpha value is -2.87. The summed E-state index contributed by atoms with van der Waals surface area (Å²) in [6, 6.07) is 11.1. The predicted octanol–water partition coefficient (Wildman–Crippen LogP) is 3.48. The lowest BCUT2D eigenvalue weighted by Gasteiger charge is -2.37. The number of hydrogen-bond donors (Lipinski definition) is 0. The van der Waals surface area contributed by atoms with Crippen LogP contribution in [-0.2, 0) is 0 Å². The molecule has 9 heteroatoms. The van der Waals surface area contributed by atoms with Crippen molar-refractivity contribution in [2.75, 3.05) is 36.0 Å². The van der Waals surface area contributed by atoms with Crippen molar-refractivity contribution in [3.05, 3.63) is 67.7 Å². The molecule has 130 valence electrons. The second-order valence-electron chi connectivity index (χ2n) is 5.61. The van der Waals surface area contributed by atoms with Gasteiger partial charge in [-0.15, -0.1) is 0 Å². The Kier molecular flexibility index (Phi) is 4.71. The molecule has 0 unspecified atom stereocenters. The number of hydrogen-bond acceptors (Lipinski definition) is 6. The molecule has 0 spiro atoms. The smallest absolute Gasteiger partial charge is 0.292 e. The highest BCUT2D eigenvalue weighted by atomic mass is 35.5. The molecule has 8 nitrogen and oxygen atoms in total. The first-order valence-electron chi connectivity index (χ1n) is 7.64. The Labute approximate surface area is 148 Å². The summed E-state index contributed by atoms with van der Waals surface area (Å²) >= 11 is 6.18. The summed E-state index contributed by atoms with van der Waals surface area (Å²) in [5.41, 5.74) is 1.37. The zero-order chi connectivity index (χ0) is 18.0. The lowest BCUT2D eigenvalue weighted by Crippen LogP contribution is -2.46. The molecule has 0 aromatic heterocycles. The van der Waals surface area contributed by atoms with Gasteiger partial charge in [-0.25, -0.2) is 0 Å². The molecule has 0 N–H and O–H groups in total. The van der Waals surface area contributed by atoms with Gasteiger partial charge in [-0.05, 0) is 12.1 Å². The van der Waals surface area contributed by atoms with Gasteiger partial charge in [0.25, 0.3) is 11.4 Å². The minimum Gasteiger partial charge on any atom is -0.367 e. The maximum absolute atomic E-state index is 11.2. The van der Waals surface area contributed by atoms with E-state index in [0.29, 0.717) is 36.9 Å². The molecular formula is C16H15ClN4O4. The molecule has 1 fully saturated rings. The summed E-state index contributed by atoms with van der Waals surface area (Å²) < 4.78 is 0. The third-order valence-electron chi connectivity index (χ3n) is 4.18. The van der Waals surface area contributed by atoms with Gasteiger partial charge in [0.1, 0.15) is 5.69 Å². The maximum Gasteiger partial charge on any atom is 0.292 e. The van der Waals surface area contributed by atoms with Crippen LogP contribution in [0.25, 0.3) is 0 Å². The molecule has 1 heterocycles. The van der Waals surface area contributed by atoms with E-state index in [4.69, 9.17) is 11.6 Å². The normalized spacial score (nSPS) is 14.4. The molecule has 2 aromatic carbocycles. The molecule has 1 saturated heterocycles. The molecule has 25 heavy (non-hydrogen) atoms. The van der Waals surface area contributed by atoms with Gasteiger partial charge in [0.05, 0.1) is 20.6 Å². The van der Waals surface area contributed by atoms with Crippen LogP contribution in [0.3, 0.4) is 0 Å². The third-order valence-corrected chi connectivity index (χ3v) is 4.48. The van der Waals surface area contributed by atoms with Crippen molar-refractivity contribution in [3.63, 3.8) is 0 Å². The average molecular weight is 363 g/mol. The first kappa shape index (κ1) is 17.0. The number of anilines is 2. The third kappa shape index (κ3) is 3.48. The van der Waals surface area contributed by atoms with Gasteiger partial charge in [0.2, 0.25) is 0 Å². The second-order valence-corrected chi connectivity index (χ2v) is 6.02. The van der Waals surface area contributed by atoms with Crippen LogP contribution in [0.2, 0.25) is 5.02 Å². The Morgan fingerprint density at radius 2 is 1.44 bits per heavy atom. The standard InChI is InChI=1S/C16H15ClN4O4/c17-13-11-12(20(22)23)5-6-14(13)18-7-9-19(10-8-18)15-3-1-2-4-16(15)21(24)25/h1-6,11H,7-10H2. The molecule has 0 atom stereocenters. The van der Waals surface area contributed by atoms with Crippen LogP contribution in [0.5, 0.6) is 0 Å². The highest BCUT2D eigenvalue weighted by Gasteiger charge is 2.24. The summed E-state index contributed by atoms with van der Waals surface area (Å²) in [4.78, 5) is 25.1. The van der Waals surface area contributed by atoms with Crippen molar-refractivity contribution in [1.82, 2.24) is 0 Å². The average Bonchev–Trinajstić information content (AvgIpc) is 2.61. The van der Waals surface area contributed by atoms with E-state index >= 15 is 0 Å². The van der Waals surface area contributed by atoms with Gasteiger partial charge < -0.3 is 9.80 Å². The molecule has 3 rings (SSSR count). The number of benzene rings is 2.